The van der Waals surface area contributed by atoms with Gasteiger partial charge in [-0.15, -0.1) is 0 Å². The lowest BCUT2D eigenvalue weighted by molar-refractivity contribution is 0.0759. The van der Waals surface area contributed by atoms with Gasteiger partial charge in [0.15, 0.2) is 17.6 Å². The highest BCUT2D eigenvalue weighted by atomic mass is 32.2. The van der Waals surface area contributed by atoms with Gasteiger partial charge in [0.2, 0.25) is 10.0 Å². The third-order valence-electron chi connectivity index (χ3n) is 4.17. The summed E-state index contributed by atoms with van der Waals surface area (Å²) in [4.78, 5) is 0. The standard InChI is InChI=1S/C19H18FN3O4S/c20-17-6-2-1-5-14(17)13-28(24,25)22-15-9-21-23(10-15)11-16-12-26-18-7-3-4-8-19(18)27-16/h1-10,16,22H,11-13H2. The molecule has 0 fully saturated rings. The first-order valence-electron chi connectivity index (χ1n) is 8.63. The van der Waals surface area contributed by atoms with Gasteiger partial charge in [0.25, 0.3) is 0 Å². The third-order valence-corrected chi connectivity index (χ3v) is 5.41. The molecule has 1 aliphatic heterocycles. The summed E-state index contributed by atoms with van der Waals surface area (Å²) in [5, 5.41) is 4.16. The van der Waals surface area contributed by atoms with E-state index in [2.05, 4.69) is 9.82 Å². The Balaban J connectivity index is 1.39. The van der Waals surface area contributed by atoms with Crippen molar-refractivity contribution in [3.63, 3.8) is 0 Å². The van der Waals surface area contributed by atoms with Crippen LogP contribution in [0.25, 0.3) is 0 Å². The topological polar surface area (TPSA) is 82.5 Å². The highest BCUT2D eigenvalue weighted by Gasteiger charge is 2.22. The maximum atomic E-state index is 13.7. The number of nitrogens with zero attached hydrogens (tertiary/aromatic N) is 2. The van der Waals surface area contributed by atoms with Gasteiger partial charge in [-0.1, -0.05) is 30.3 Å². The molecule has 0 bridgehead atoms. The Bertz CT molecular complexity index is 1080. The zero-order valence-electron chi connectivity index (χ0n) is 14.8. The number of hydrogen-bond donors (Lipinski definition) is 1. The van der Waals surface area contributed by atoms with E-state index in [1.54, 1.807) is 16.9 Å². The maximum Gasteiger partial charge on any atom is 0.237 e. The van der Waals surface area contributed by atoms with Crippen molar-refractivity contribution < 1.29 is 22.3 Å². The predicted octanol–water partition coefficient (Wildman–Crippen LogP) is 2.80. The van der Waals surface area contributed by atoms with Gasteiger partial charge in [-0.25, -0.2) is 12.8 Å². The molecule has 1 atom stereocenters. The van der Waals surface area contributed by atoms with E-state index in [0.717, 1.165) is 0 Å². The Morgan fingerprint density at radius 2 is 1.89 bits per heavy atom. The second-order valence-electron chi connectivity index (χ2n) is 6.40. The third kappa shape index (κ3) is 4.25. The number of benzene rings is 2. The Labute approximate surface area is 161 Å². The van der Waals surface area contributed by atoms with E-state index >= 15 is 0 Å². The average Bonchev–Trinajstić information content (AvgIpc) is 3.09. The van der Waals surface area contributed by atoms with Crippen LogP contribution < -0.4 is 14.2 Å². The van der Waals surface area contributed by atoms with Crippen LogP contribution in [0.4, 0.5) is 10.1 Å². The maximum absolute atomic E-state index is 13.7. The lowest BCUT2D eigenvalue weighted by atomic mass is 10.2. The molecule has 0 spiro atoms. The molecule has 146 valence electrons. The number of fused-ring (bicyclic) bond motifs is 1. The first-order valence-corrected chi connectivity index (χ1v) is 10.3. The molecular formula is C19H18FN3O4S. The molecule has 1 aliphatic rings. The second kappa shape index (κ2) is 7.51. The summed E-state index contributed by atoms with van der Waals surface area (Å²) in [5.74, 6) is 0.345. The number of ether oxygens (including phenoxy) is 2. The van der Waals surface area contributed by atoms with Crippen molar-refractivity contribution in [2.75, 3.05) is 11.3 Å². The minimum Gasteiger partial charge on any atom is -0.486 e. The van der Waals surface area contributed by atoms with Crippen molar-refractivity contribution >= 4 is 15.7 Å². The largest absolute Gasteiger partial charge is 0.486 e. The number of rotatable bonds is 6. The summed E-state index contributed by atoms with van der Waals surface area (Å²) < 4.78 is 53.8. The van der Waals surface area contributed by atoms with Gasteiger partial charge in [-0.3, -0.25) is 9.40 Å². The molecule has 0 amide bonds. The van der Waals surface area contributed by atoms with Crippen LogP contribution in [0.3, 0.4) is 0 Å². The van der Waals surface area contributed by atoms with E-state index in [-0.39, 0.29) is 11.7 Å². The van der Waals surface area contributed by atoms with Crippen LogP contribution in [0.1, 0.15) is 5.56 Å². The van der Waals surface area contributed by atoms with Crippen LogP contribution in [0, 0.1) is 5.82 Å². The minimum atomic E-state index is -3.77. The molecule has 1 unspecified atom stereocenters. The number of aromatic nitrogens is 2. The summed E-state index contributed by atoms with van der Waals surface area (Å²) in [5.41, 5.74) is 0.405. The smallest absolute Gasteiger partial charge is 0.237 e. The Kier molecular flexibility index (Phi) is 4.91. The van der Waals surface area contributed by atoms with Crippen LogP contribution in [-0.2, 0) is 22.3 Å². The number of halogens is 1. The summed E-state index contributed by atoms with van der Waals surface area (Å²) >= 11 is 0. The molecule has 0 radical (unpaired) electrons. The van der Waals surface area contributed by atoms with Crippen molar-refractivity contribution in [1.29, 1.82) is 0 Å². The van der Waals surface area contributed by atoms with Gasteiger partial charge in [0, 0.05) is 11.8 Å². The minimum absolute atomic E-state index is 0.105. The molecule has 2 aromatic carbocycles. The highest BCUT2D eigenvalue weighted by Crippen LogP contribution is 2.31. The first-order chi connectivity index (χ1) is 13.5. The quantitative estimate of drug-likeness (QED) is 0.684. The summed E-state index contributed by atoms with van der Waals surface area (Å²) in [6.07, 6.45) is 2.71. The van der Waals surface area contributed by atoms with Gasteiger partial charge >= 0.3 is 0 Å². The first kappa shape index (κ1) is 18.3. The molecule has 2 heterocycles. The summed E-state index contributed by atoms with van der Waals surface area (Å²) in [7, 11) is -3.77. The highest BCUT2D eigenvalue weighted by molar-refractivity contribution is 7.91. The van der Waals surface area contributed by atoms with E-state index in [0.29, 0.717) is 30.3 Å². The SMILES string of the molecule is O=S(=O)(Cc1ccccc1F)Nc1cnn(CC2COc3ccccc3O2)c1. The molecule has 0 aliphatic carbocycles. The van der Waals surface area contributed by atoms with Crippen molar-refractivity contribution in [3.05, 3.63) is 72.3 Å². The fraction of sp³-hybridized carbons (Fsp3) is 0.211. The average molecular weight is 403 g/mol. The fourth-order valence-electron chi connectivity index (χ4n) is 2.91. The number of anilines is 1. The van der Waals surface area contributed by atoms with E-state index in [9.17, 15) is 12.8 Å². The monoisotopic (exact) mass is 403 g/mol. The van der Waals surface area contributed by atoms with Crippen LogP contribution >= 0.6 is 0 Å². The number of hydrogen-bond acceptors (Lipinski definition) is 5. The van der Waals surface area contributed by atoms with Crippen molar-refractivity contribution in [3.8, 4) is 11.5 Å². The van der Waals surface area contributed by atoms with E-state index in [1.165, 1.54) is 24.4 Å². The van der Waals surface area contributed by atoms with Crippen molar-refractivity contribution in [1.82, 2.24) is 9.78 Å². The molecular weight excluding hydrogens is 385 g/mol. The van der Waals surface area contributed by atoms with Crippen LogP contribution in [0.15, 0.2) is 60.9 Å². The zero-order chi connectivity index (χ0) is 19.6. The molecule has 0 saturated heterocycles. The van der Waals surface area contributed by atoms with Crippen LogP contribution in [0.5, 0.6) is 11.5 Å². The van der Waals surface area contributed by atoms with Crippen molar-refractivity contribution in [2.45, 2.75) is 18.4 Å². The Morgan fingerprint density at radius 1 is 1.14 bits per heavy atom. The molecule has 4 rings (SSSR count). The Morgan fingerprint density at radius 3 is 2.71 bits per heavy atom. The number of sulfonamides is 1. The van der Waals surface area contributed by atoms with Gasteiger partial charge in [0.1, 0.15) is 12.4 Å². The van der Waals surface area contributed by atoms with E-state index < -0.39 is 21.6 Å². The fourth-order valence-corrected chi connectivity index (χ4v) is 4.09. The molecule has 28 heavy (non-hydrogen) atoms. The normalized spacial score (nSPS) is 16.0. The van der Waals surface area contributed by atoms with Crippen LogP contribution in [0.2, 0.25) is 0 Å². The van der Waals surface area contributed by atoms with Crippen molar-refractivity contribution in [2.24, 2.45) is 0 Å². The van der Waals surface area contributed by atoms with Gasteiger partial charge in [-0.2, -0.15) is 5.10 Å². The number of para-hydroxylation sites is 2. The van der Waals surface area contributed by atoms with E-state index in [1.807, 2.05) is 24.3 Å². The second-order valence-corrected chi connectivity index (χ2v) is 8.12. The molecule has 0 saturated carbocycles. The molecule has 1 N–H and O–H groups in total. The predicted molar refractivity (Wildman–Crippen MR) is 101 cm³/mol. The lowest BCUT2D eigenvalue weighted by Crippen LogP contribution is -2.33. The Hall–Kier alpha value is -3.07. The van der Waals surface area contributed by atoms with Gasteiger partial charge < -0.3 is 9.47 Å². The number of nitrogens with one attached hydrogen (secondary N) is 1. The summed E-state index contributed by atoms with van der Waals surface area (Å²) in [6, 6.07) is 13.2. The molecule has 3 aromatic rings. The zero-order valence-corrected chi connectivity index (χ0v) is 15.6. The lowest BCUT2D eigenvalue weighted by Gasteiger charge is -2.26. The van der Waals surface area contributed by atoms with Gasteiger partial charge in [-0.05, 0) is 18.2 Å². The summed E-state index contributed by atoms with van der Waals surface area (Å²) in [6.45, 7) is 0.759. The van der Waals surface area contributed by atoms with Gasteiger partial charge in [0.05, 0.1) is 24.2 Å². The molecule has 9 heteroatoms. The van der Waals surface area contributed by atoms with E-state index in [4.69, 9.17) is 9.47 Å². The van der Waals surface area contributed by atoms with Crippen LogP contribution in [-0.4, -0.2) is 30.9 Å². The molecule has 1 aromatic heterocycles. The molecule has 7 nitrogen and oxygen atoms in total.